The Hall–Kier alpha value is -0.960. The first-order valence-electron chi connectivity index (χ1n) is 10.1. The highest BCUT2D eigenvalue weighted by molar-refractivity contribution is 7.99. The molecule has 1 aromatic rings. The van der Waals surface area contributed by atoms with Crippen molar-refractivity contribution in [2.75, 3.05) is 5.75 Å². The van der Waals surface area contributed by atoms with Crippen molar-refractivity contribution >= 4 is 17.7 Å². The maximum absolute atomic E-state index is 11.1. The van der Waals surface area contributed by atoms with Crippen LogP contribution in [0, 0.1) is 0 Å². The minimum Gasteiger partial charge on any atom is -0.481 e. The number of hydrogen-bond acceptors (Lipinski definition) is 2. The molecule has 0 fully saturated rings. The van der Waals surface area contributed by atoms with Crippen LogP contribution in [-0.4, -0.2) is 22.1 Å². The molecule has 0 aromatic heterocycles. The highest BCUT2D eigenvalue weighted by Gasteiger charge is 2.14. The SMILES string of the molecule is CCCCCCCCCCCCSC(CC(=O)O)Cc1ccccc1. The molecule has 25 heavy (non-hydrogen) atoms. The van der Waals surface area contributed by atoms with Crippen molar-refractivity contribution in [2.24, 2.45) is 0 Å². The van der Waals surface area contributed by atoms with Crippen molar-refractivity contribution in [1.29, 1.82) is 0 Å². The van der Waals surface area contributed by atoms with Gasteiger partial charge in [0.25, 0.3) is 0 Å². The molecule has 0 saturated heterocycles. The summed E-state index contributed by atoms with van der Waals surface area (Å²) in [6, 6.07) is 10.2. The van der Waals surface area contributed by atoms with Crippen LogP contribution in [0.1, 0.15) is 83.1 Å². The molecule has 1 N–H and O–H groups in total. The molecular weight excluding hydrogens is 328 g/mol. The Bertz CT molecular complexity index is 433. The monoisotopic (exact) mass is 364 g/mol. The number of thioether (sulfide) groups is 1. The topological polar surface area (TPSA) is 37.3 Å². The van der Waals surface area contributed by atoms with Gasteiger partial charge >= 0.3 is 5.97 Å². The Labute approximate surface area is 158 Å². The molecule has 142 valence electrons. The van der Waals surface area contributed by atoms with Crippen molar-refractivity contribution in [1.82, 2.24) is 0 Å². The van der Waals surface area contributed by atoms with Crippen LogP contribution < -0.4 is 0 Å². The van der Waals surface area contributed by atoms with Gasteiger partial charge in [-0.3, -0.25) is 4.79 Å². The number of hydrogen-bond donors (Lipinski definition) is 1. The molecule has 0 heterocycles. The van der Waals surface area contributed by atoms with E-state index < -0.39 is 5.97 Å². The first-order chi connectivity index (χ1) is 12.2. The van der Waals surface area contributed by atoms with Crippen LogP contribution >= 0.6 is 11.8 Å². The number of carbonyl (C=O) groups is 1. The summed E-state index contributed by atoms with van der Waals surface area (Å²) in [6.45, 7) is 2.26. The maximum Gasteiger partial charge on any atom is 0.304 e. The molecule has 0 saturated carbocycles. The Morgan fingerprint density at radius 1 is 0.920 bits per heavy atom. The zero-order valence-corrected chi connectivity index (χ0v) is 16.7. The van der Waals surface area contributed by atoms with Crippen LogP contribution in [0.3, 0.4) is 0 Å². The molecule has 0 radical (unpaired) electrons. The zero-order valence-electron chi connectivity index (χ0n) is 15.9. The number of unbranched alkanes of at least 4 members (excludes halogenated alkanes) is 9. The van der Waals surface area contributed by atoms with Crippen molar-refractivity contribution in [3.63, 3.8) is 0 Å². The van der Waals surface area contributed by atoms with Crippen molar-refractivity contribution in [2.45, 2.75) is 89.2 Å². The number of benzene rings is 1. The zero-order chi connectivity index (χ0) is 18.2. The molecule has 0 spiro atoms. The average Bonchev–Trinajstić information content (AvgIpc) is 2.60. The molecule has 1 aromatic carbocycles. The standard InChI is InChI=1S/C22H36O2S/c1-2-3-4-5-6-7-8-9-10-14-17-25-21(19-22(23)24)18-20-15-12-11-13-16-20/h11-13,15-16,21H,2-10,14,17-19H2,1H3,(H,23,24). The molecule has 0 amide bonds. The second-order valence-corrected chi connectivity index (χ2v) is 8.37. The molecule has 1 atom stereocenters. The predicted molar refractivity (Wildman–Crippen MR) is 110 cm³/mol. The van der Waals surface area contributed by atoms with Gasteiger partial charge < -0.3 is 5.11 Å². The van der Waals surface area contributed by atoms with Gasteiger partial charge in [-0.1, -0.05) is 95.0 Å². The summed E-state index contributed by atoms with van der Waals surface area (Å²) in [4.78, 5) is 11.1. The Kier molecular flexibility index (Phi) is 13.5. The first kappa shape index (κ1) is 22.1. The fourth-order valence-electron chi connectivity index (χ4n) is 3.10. The lowest BCUT2D eigenvalue weighted by atomic mass is 10.1. The summed E-state index contributed by atoms with van der Waals surface area (Å²) in [5.74, 6) is 0.401. The third kappa shape index (κ3) is 13.0. The minimum atomic E-state index is -0.684. The van der Waals surface area contributed by atoms with Crippen LogP contribution in [0.4, 0.5) is 0 Å². The average molecular weight is 365 g/mol. The summed E-state index contributed by atoms with van der Waals surface area (Å²) in [5.41, 5.74) is 1.24. The Morgan fingerprint density at radius 3 is 2.04 bits per heavy atom. The van der Waals surface area contributed by atoms with Gasteiger partial charge in [-0.05, 0) is 24.2 Å². The third-order valence-electron chi connectivity index (χ3n) is 4.56. The molecule has 3 heteroatoms. The van der Waals surface area contributed by atoms with Crippen molar-refractivity contribution in [3.8, 4) is 0 Å². The summed E-state index contributed by atoms with van der Waals surface area (Å²) in [5, 5.41) is 9.32. The molecule has 0 aliphatic rings. The number of carboxylic acid groups (broad SMARTS) is 1. The van der Waals surface area contributed by atoms with E-state index in [2.05, 4.69) is 19.1 Å². The Morgan fingerprint density at radius 2 is 1.48 bits per heavy atom. The highest BCUT2D eigenvalue weighted by atomic mass is 32.2. The van der Waals surface area contributed by atoms with Gasteiger partial charge in [0.15, 0.2) is 0 Å². The van der Waals surface area contributed by atoms with E-state index in [1.807, 2.05) is 30.0 Å². The Balaban J connectivity index is 2.07. The predicted octanol–water partition coefficient (Wildman–Crippen LogP) is 6.73. The number of carboxylic acids is 1. The molecule has 1 unspecified atom stereocenters. The van der Waals surface area contributed by atoms with Gasteiger partial charge in [-0.2, -0.15) is 11.8 Å². The fourth-order valence-corrected chi connectivity index (χ4v) is 4.38. The first-order valence-corrected chi connectivity index (χ1v) is 11.1. The lowest BCUT2D eigenvalue weighted by Crippen LogP contribution is -2.13. The number of aliphatic carboxylic acids is 1. The summed E-state index contributed by atoms with van der Waals surface area (Å²) >= 11 is 1.84. The van der Waals surface area contributed by atoms with Crippen LogP contribution in [0.25, 0.3) is 0 Å². The lowest BCUT2D eigenvalue weighted by molar-refractivity contribution is -0.136. The van der Waals surface area contributed by atoms with Crippen molar-refractivity contribution in [3.05, 3.63) is 35.9 Å². The summed E-state index contributed by atoms with van der Waals surface area (Å²) < 4.78 is 0. The largest absolute Gasteiger partial charge is 0.481 e. The molecule has 0 bridgehead atoms. The second kappa shape index (κ2) is 15.3. The molecule has 1 rings (SSSR count). The maximum atomic E-state index is 11.1. The molecule has 0 aliphatic carbocycles. The highest BCUT2D eigenvalue weighted by Crippen LogP contribution is 2.22. The van der Waals surface area contributed by atoms with Gasteiger partial charge in [0.05, 0.1) is 6.42 Å². The third-order valence-corrected chi connectivity index (χ3v) is 5.89. The smallest absolute Gasteiger partial charge is 0.304 e. The van der Waals surface area contributed by atoms with Gasteiger partial charge in [-0.25, -0.2) is 0 Å². The van der Waals surface area contributed by atoms with E-state index in [0.717, 1.165) is 12.2 Å². The van der Waals surface area contributed by atoms with Crippen LogP contribution in [0.2, 0.25) is 0 Å². The van der Waals surface area contributed by atoms with Gasteiger partial charge in [0, 0.05) is 5.25 Å². The van der Waals surface area contributed by atoms with E-state index in [0.29, 0.717) is 0 Å². The quantitative estimate of drug-likeness (QED) is 0.331. The van der Waals surface area contributed by atoms with Crippen LogP contribution in [-0.2, 0) is 11.2 Å². The summed E-state index contributed by atoms with van der Waals surface area (Å²) in [7, 11) is 0. The van der Waals surface area contributed by atoms with E-state index >= 15 is 0 Å². The van der Waals surface area contributed by atoms with Gasteiger partial charge in [0.1, 0.15) is 0 Å². The minimum absolute atomic E-state index is 0.193. The van der Waals surface area contributed by atoms with E-state index in [9.17, 15) is 4.79 Å². The lowest BCUT2D eigenvalue weighted by Gasteiger charge is -2.14. The fraction of sp³-hybridized carbons (Fsp3) is 0.682. The van der Waals surface area contributed by atoms with E-state index in [1.165, 1.54) is 69.8 Å². The van der Waals surface area contributed by atoms with Crippen LogP contribution in [0.5, 0.6) is 0 Å². The van der Waals surface area contributed by atoms with Crippen molar-refractivity contribution < 1.29 is 9.90 Å². The summed E-state index contributed by atoms with van der Waals surface area (Å²) in [6.07, 6.45) is 14.6. The molecule has 0 aliphatic heterocycles. The van der Waals surface area contributed by atoms with Gasteiger partial charge in [0.2, 0.25) is 0 Å². The molecular formula is C22H36O2S. The van der Waals surface area contributed by atoms with Crippen LogP contribution in [0.15, 0.2) is 30.3 Å². The van der Waals surface area contributed by atoms with E-state index in [1.54, 1.807) is 0 Å². The van der Waals surface area contributed by atoms with E-state index in [4.69, 9.17) is 5.11 Å². The molecule has 2 nitrogen and oxygen atoms in total. The number of rotatable bonds is 16. The van der Waals surface area contributed by atoms with E-state index in [-0.39, 0.29) is 11.7 Å². The second-order valence-electron chi connectivity index (χ2n) is 6.96. The normalized spacial score (nSPS) is 12.2. The van der Waals surface area contributed by atoms with Gasteiger partial charge in [-0.15, -0.1) is 0 Å².